The van der Waals surface area contributed by atoms with Gasteiger partial charge in [0.25, 0.3) is 0 Å². The van der Waals surface area contributed by atoms with Crippen LogP contribution in [0, 0.1) is 12.7 Å². The summed E-state index contributed by atoms with van der Waals surface area (Å²) in [4.78, 5) is 16.7. The van der Waals surface area contributed by atoms with E-state index in [0.717, 1.165) is 22.2 Å². The fraction of sp³-hybridized carbons (Fsp3) is 0.150. The van der Waals surface area contributed by atoms with E-state index in [0.29, 0.717) is 18.0 Å². The molecule has 3 aromatic heterocycles. The van der Waals surface area contributed by atoms with Gasteiger partial charge in [-0.2, -0.15) is 5.10 Å². The van der Waals surface area contributed by atoms with Gasteiger partial charge < -0.3 is 9.73 Å². The van der Waals surface area contributed by atoms with Gasteiger partial charge in [0, 0.05) is 11.6 Å². The first-order valence-corrected chi connectivity index (χ1v) is 8.49. The summed E-state index contributed by atoms with van der Waals surface area (Å²) in [5.74, 6) is 0.205. The van der Waals surface area contributed by atoms with Crippen molar-refractivity contribution < 1.29 is 13.6 Å². The van der Waals surface area contributed by atoms with Crippen molar-refractivity contribution >= 4 is 16.9 Å². The van der Waals surface area contributed by atoms with Crippen molar-refractivity contribution in [1.82, 2.24) is 20.1 Å². The Morgan fingerprint density at radius 2 is 2.04 bits per heavy atom. The summed E-state index contributed by atoms with van der Waals surface area (Å²) in [6, 6.07) is 11.7. The van der Waals surface area contributed by atoms with Crippen LogP contribution < -0.4 is 5.32 Å². The Labute approximate surface area is 154 Å². The van der Waals surface area contributed by atoms with E-state index in [1.54, 1.807) is 41.4 Å². The Kier molecular flexibility index (Phi) is 4.42. The molecule has 27 heavy (non-hydrogen) atoms. The standard InChI is InChI=1S/C20H17FN4O2/c1-13-19-17(14-4-6-15(21)7-5-14)8-9-22-20(19)25(24-13)12-18(26)23-11-16-3-2-10-27-16/h2-10H,11-12H2,1H3,(H,23,26). The number of nitrogens with one attached hydrogen (secondary N) is 1. The minimum Gasteiger partial charge on any atom is -0.467 e. The predicted octanol–water partition coefficient (Wildman–Crippen LogP) is 3.46. The number of hydrogen-bond acceptors (Lipinski definition) is 4. The summed E-state index contributed by atoms with van der Waals surface area (Å²) in [5, 5.41) is 8.12. The van der Waals surface area contributed by atoms with Crippen LogP contribution in [0.5, 0.6) is 0 Å². The van der Waals surface area contributed by atoms with Crippen LogP contribution in [0.3, 0.4) is 0 Å². The maximum Gasteiger partial charge on any atom is 0.242 e. The molecule has 0 saturated heterocycles. The molecule has 0 radical (unpaired) electrons. The molecule has 0 unspecified atom stereocenters. The SMILES string of the molecule is Cc1nn(CC(=O)NCc2ccco2)c2nccc(-c3ccc(F)cc3)c12. The molecule has 1 amide bonds. The van der Waals surface area contributed by atoms with Crippen LogP contribution in [0.4, 0.5) is 4.39 Å². The van der Waals surface area contributed by atoms with Gasteiger partial charge in [0.05, 0.1) is 18.5 Å². The van der Waals surface area contributed by atoms with Crippen LogP contribution in [-0.2, 0) is 17.9 Å². The molecule has 0 spiro atoms. The number of rotatable bonds is 5. The first kappa shape index (κ1) is 17.0. The lowest BCUT2D eigenvalue weighted by Gasteiger charge is -2.06. The smallest absolute Gasteiger partial charge is 0.242 e. The number of aryl methyl sites for hydroxylation is 1. The van der Waals surface area contributed by atoms with Crippen LogP contribution in [0.1, 0.15) is 11.5 Å². The van der Waals surface area contributed by atoms with Gasteiger partial charge in [-0.1, -0.05) is 12.1 Å². The highest BCUT2D eigenvalue weighted by Gasteiger charge is 2.16. The number of furan rings is 1. The Balaban J connectivity index is 1.62. The Bertz CT molecular complexity index is 1090. The van der Waals surface area contributed by atoms with Gasteiger partial charge in [0.1, 0.15) is 18.1 Å². The van der Waals surface area contributed by atoms with Crippen LogP contribution in [-0.4, -0.2) is 20.7 Å². The van der Waals surface area contributed by atoms with Gasteiger partial charge in [-0.15, -0.1) is 0 Å². The second kappa shape index (κ2) is 7.03. The molecule has 0 atom stereocenters. The van der Waals surface area contributed by atoms with Gasteiger partial charge in [0.15, 0.2) is 5.65 Å². The van der Waals surface area contributed by atoms with E-state index >= 15 is 0 Å². The largest absolute Gasteiger partial charge is 0.467 e. The van der Waals surface area contributed by atoms with Crippen molar-refractivity contribution in [2.75, 3.05) is 0 Å². The molecule has 0 aliphatic rings. The van der Waals surface area contributed by atoms with Crippen molar-refractivity contribution in [2.45, 2.75) is 20.0 Å². The van der Waals surface area contributed by atoms with Gasteiger partial charge >= 0.3 is 0 Å². The zero-order valence-corrected chi connectivity index (χ0v) is 14.6. The number of pyridine rings is 1. The Hall–Kier alpha value is -3.48. The summed E-state index contributed by atoms with van der Waals surface area (Å²) >= 11 is 0. The third kappa shape index (κ3) is 3.44. The summed E-state index contributed by atoms with van der Waals surface area (Å²) in [6.45, 7) is 2.23. The maximum absolute atomic E-state index is 13.2. The number of carbonyl (C=O) groups is 1. The molecule has 3 heterocycles. The zero-order chi connectivity index (χ0) is 18.8. The normalized spacial score (nSPS) is 11.0. The maximum atomic E-state index is 13.2. The molecular weight excluding hydrogens is 347 g/mol. The Morgan fingerprint density at radius 1 is 1.22 bits per heavy atom. The van der Waals surface area contributed by atoms with Crippen molar-refractivity contribution in [2.24, 2.45) is 0 Å². The number of carbonyl (C=O) groups excluding carboxylic acids is 1. The highest BCUT2D eigenvalue weighted by molar-refractivity contribution is 5.95. The molecule has 0 fully saturated rings. The molecule has 0 aliphatic carbocycles. The summed E-state index contributed by atoms with van der Waals surface area (Å²) < 4.78 is 20.0. The van der Waals surface area contributed by atoms with Crippen molar-refractivity contribution in [3.05, 3.63) is 72.2 Å². The average molecular weight is 364 g/mol. The minimum atomic E-state index is -0.287. The molecule has 1 aromatic carbocycles. The fourth-order valence-corrected chi connectivity index (χ4v) is 3.05. The third-order valence-corrected chi connectivity index (χ3v) is 4.30. The quantitative estimate of drug-likeness (QED) is 0.589. The van der Waals surface area contributed by atoms with Crippen LogP contribution in [0.15, 0.2) is 59.3 Å². The van der Waals surface area contributed by atoms with E-state index in [2.05, 4.69) is 15.4 Å². The number of hydrogen-bond donors (Lipinski definition) is 1. The summed E-state index contributed by atoms with van der Waals surface area (Å²) in [6.07, 6.45) is 3.23. The topological polar surface area (TPSA) is 73.0 Å². The third-order valence-electron chi connectivity index (χ3n) is 4.30. The predicted molar refractivity (Wildman–Crippen MR) is 98.2 cm³/mol. The molecular formula is C20H17FN4O2. The molecule has 4 aromatic rings. The molecule has 0 aliphatic heterocycles. The first-order chi connectivity index (χ1) is 13.1. The number of amides is 1. The zero-order valence-electron chi connectivity index (χ0n) is 14.6. The lowest BCUT2D eigenvalue weighted by molar-refractivity contribution is -0.122. The number of fused-ring (bicyclic) bond motifs is 1. The van der Waals surface area contributed by atoms with Gasteiger partial charge in [0.2, 0.25) is 5.91 Å². The van der Waals surface area contributed by atoms with E-state index < -0.39 is 0 Å². The monoisotopic (exact) mass is 364 g/mol. The minimum absolute atomic E-state index is 0.0465. The molecule has 136 valence electrons. The lowest BCUT2D eigenvalue weighted by Crippen LogP contribution is -2.27. The molecule has 0 saturated carbocycles. The highest BCUT2D eigenvalue weighted by Crippen LogP contribution is 2.29. The van der Waals surface area contributed by atoms with E-state index in [1.807, 2.05) is 13.0 Å². The van der Waals surface area contributed by atoms with E-state index in [4.69, 9.17) is 4.42 Å². The second-order valence-corrected chi connectivity index (χ2v) is 6.16. The summed E-state index contributed by atoms with van der Waals surface area (Å²) in [7, 11) is 0. The van der Waals surface area contributed by atoms with E-state index in [-0.39, 0.29) is 18.3 Å². The Morgan fingerprint density at radius 3 is 2.78 bits per heavy atom. The van der Waals surface area contributed by atoms with Crippen molar-refractivity contribution in [3.8, 4) is 11.1 Å². The van der Waals surface area contributed by atoms with Crippen molar-refractivity contribution in [3.63, 3.8) is 0 Å². The van der Waals surface area contributed by atoms with Crippen molar-refractivity contribution in [1.29, 1.82) is 0 Å². The summed E-state index contributed by atoms with van der Waals surface area (Å²) in [5.41, 5.74) is 3.15. The van der Waals surface area contributed by atoms with Gasteiger partial charge in [-0.05, 0) is 48.4 Å². The molecule has 0 bridgehead atoms. The lowest BCUT2D eigenvalue weighted by atomic mass is 10.0. The number of aromatic nitrogens is 3. The highest BCUT2D eigenvalue weighted by atomic mass is 19.1. The molecule has 1 N–H and O–H groups in total. The van der Waals surface area contributed by atoms with E-state index in [9.17, 15) is 9.18 Å². The molecule has 7 heteroatoms. The number of benzene rings is 1. The van der Waals surface area contributed by atoms with E-state index in [1.165, 1.54) is 12.1 Å². The van der Waals surface area contributed by atoms with Gasteiger partial charge in [-0.3, -0.25) is 4.79 Å². The molecule has 6 nitrogen and oxygen atoms in total. The fourth-order valence-electron chi connectivity index (χ4n) is 3.05. The van der Waals surface area contributed by atoms with Crippen LogP contribution in [0.2, 0.25) is 0 Å². The second-order valence-electron chi connectivity index (χ2n) is 6.16. The number of halogens is 1. The number of nitrogens with zero attached hydrogens (tertiary/aromatic N) is 3. The van der Waals surface area contributed by atoms with Crippen LogP contribution in [0.25, 0.3) is 22.2 Å². The van der Waals surface area contributed by atoms with Crippen LogP contribution >= 0.6 is 0 Å². The average Bonchev–Trinajstić information content (AvgIpc) is 3.29. The first-order valence-electron chi connectivity index (χ1n) is 8.49. The van der Waals surface area contributed by atoms with Gasteiger partial charge in [-0.25, -0.2) is 14.1 Å². The molecule has 4 rings (SSSR count).